The third kappa shape index (κ3) is 2.25. The summed E-state index contributed by atoms with van der Waals surface area (Å²) < 4.78 is 6.63. The Morgan fingerprint density at radius 1 is 1.30 bits per heavy atom. The van der Waals surface area contributed by atoms with Crippen molar-refractivity contribution in [2.75, 3.05) is 6.61 Å². The second-order valence-electron chi connectivity index (χ2n) is 5.66. The van der Waals surface area contributed by atoms with Crippen molar-refractivity contribution in [1.29, 1.82) is 0 Å². The van der Waals surface area contributed by atoms with Crippen molar-refractivity contribution in [1.82, 2.24) is 4.42 Å². The van der Waals surface area contributed by atoms with Crippen LogP contribution in [-0.4, -0.2) is 28.0 Å². The van der Waals surface area contributed by atoms with Crippen LogP contribution in [0.1, 0.15) is 19.3 Å². The molecule has 0 radical (unpaired) electrons. The van der Waals surface area contributed by atoms with Crippen molar-refractivity contribution in [2.24, 2.45) is 5.73 Å². The molecule has 2 N–H and O–H groups in total. The van der Waals surface area contributed by atoms with Crippen molar-refractivity contribution < 1.29 is 9.53 Å². The van der Waals surface area contributed by atoms with E-state index in [-0.39, 0.29) is 23.6 Å². The van der Waals surface area contributed by atoms with Gasteiger partial charge in [-0.1, -0.05) is 23.2 Å². The highest BCUT2D eigenvalue weighted by molar-refractivity contribution is 6.42. The number of nitrogens with two attached hydrogens (primary N) is 1. The molecule has 3 fully saturated rings. The summed E-state index contributed by atoms with van der Waals surface area (Å²) in [5.41, 5.74) is 5.60. The first-order chi connectivity index (χ1) is 9.34. The van der Waals surface area contributed by atoms with E-state index in [1.807, 2.05) is 0 Å². The van der Waals surface area contributed by atoms with Gasteiger partial charge in [-0.2, -0.15) is 0 Å². The van der Waals surface area contributed by atoms with Gasteiger partial charge in [0, 0.05) is 23.4 Å². The average molecular weight is 336 g/mol. The minimum Gasteiger partial charge on any atom is -0.484 e. The molecule has 0 unspecified atom stereocenters. The van der Waals surface area contributed by atoms with Crippen LogP contribution < -0.4 is 10.5 Å². The number of hydrogen-bond donors (Lipinski definition) is 1. The number of halogens is 3. The molecule has 3 saturated carbocycles. The van der Waals surface area contributed by atoms with Crippen LogP contribution in [0.5, 0.6) is 5.75 Å². The molecule has 0 atom stereocenters. The molecule has 108 valence electrons. The second kappa shape index (κ2) is 4.67. The van der Waals surface area contributed by atoms with Crippen LogP contribution in [0.15, 0.2) is 18.2 Å². The zero-order chi connectivity index (χ0) is 14.5. The lowest BCUT2D eigenvalue weighted by atomic mass is 9.44. The van der Waals surface area contributed by atoms with Crippen LogP contribution >= 0.6 is 35.0 Å². The predicted octanol–water partition coefficient (Wildman–Crippen LogP) is 2.99. The lowest BCUT2D eigenvalue weighted by Gasteiger charge is -2.70. The Morgan fingerprint density at radius 2 is 1.95 bits per heavy atom. The number of benzene rings is 1. The van der Waals surface area contributed by atoms with Crippen molar-refractivity contribution in [2.45, 2.75) is 30.3 Å². The Labute approximate surface area is 131 Å². The van der Waals surface area contributed by atoms with E-state index in [9.17, 15) is 4.79 Å². The molecular formula is C13H13Cl3N2O2. The first-order valence-corrected chi connectivity index (χ1v) is 7.29. The number of hydrogen-bond acceptors (Lipinski definition) is 3. The maximum atomic E-state index is 12.0. The maximum absolute atomic E-state index is 12.0. The van der Waals surface area contributed by atoms with Gasteiger partial charge < -0.3 is 10.5 Å². The van der Waals surface area contributed by atoms with Gasteiger partial charge in [-0.05, 0) is 31.4 Å². The molecule has 1 aromatic carbocycles. The molecule has 0 heterocycles. The third-order valence-corrected chi connectivity index (χ3v) is 5.22. The fraction of sp³-hybridized carbons (Fsp3) is 0.462. The van der Waals surface area contributed by atoms with Crippen LogP contribution in [0.4, 0.5) is 0 Å². The number of carbonyl (C=O) groups is 1. The summed E-state index contributed by atoms with van der Waals surface area (Å²) >= 11 is 17.8. The fourth-order valence-corrected chi connectivity index (χ4v) is 3.57. The molecule has 4 rings (SSSR count). The van der Waals surface area contributed by atoms with Gasteiger partial charge in [0.15, 0.2) is 6.61 Å². The van der Waals surface area contributed by atoms with Crippen LogP contribution in [0.25, 0.3) is 0 Å². The fourth-order valence-electron chi connectivity index (χ4n) is 3.05. The topological polar surface area (TPSA) is 55.6 Å². The molecule has 2 bridgehead atoms. The molecule has 0 saturated heterocycles. The summed E-state index contributed by atoms with van der Waals surface area (Å²) in [6.07, 6.45) is 2.30. The highest BCUT2D eigenvalue weighted by Gasteiger charge is 2.69. The van der Waals surface area contributed by atoms with Gasteiger partial charge >= 0.3 is 0 Å². The van der Waals surface area contributed by atoms with E-state index in [0.29, 0.717) is 15.8 Å². The lowest BCUT2D eigenvalue weighted by Crippen LogP contribution is -2.81. The van der Waals surface area contributed by atoms with Crippen molar-refractivity contribution >= 4 is 40.9 Å². The number of carbonyl (C=O) groups excluding carboxylic acids is 1. The molecule has 1 aromatic rings. The van der Waals surface area contributed by atoms with E-state index in [2.05, 4.69) is 0 Å². The average Bonchev–Trinajstić information content (AvgIpc) is 2.34. The standard InChI is InChI=1S/C13H13Cl3N2O2/c14-9-2-1-8(3-10(9)15)20-4-11(19)18(16)13-5-12(17,6-13)7-13/h1-3H,4-7,17H2. The van der Waals surface area contributed by atoms with Gasteiger partial charge in [-0.3, -0.25) is 4.79 Å². The number of amides is 1. The Kier molecular flexibility index (Phi) is 3.33. The highest BCUT2D eigenvalue weighted by atomic mass is 35.5. The van der Waals surface area contributed by atoms with Gasteiger partial charge in [0.05, 0.1) is 15.6 Å². The molecule has 20 heavy (non-hydrogen) atoms. The van der Waals surface area contributed by atoms with E-state index in [1.165, 1.54) is 4.42 Å². The summed E-state index contributed by atoms with van der Waals surface area (Å²) in [6, 6.07) is 4.82. The smallest absolute Gasteiger partial charge is 0.275 e. The van der Waals surface area contributed by atoms with Crippen molar-refractivity contribution in [3.05, 3.63) is 28.2 Å². The Balaban J connectivity index is 1.55. The molecule has 1 amide bonds. The minimum atomic E-state index is -0.278. The molecule has 0 aliphatic heterocycles. The van der Waals surface area contributed by atoms with Crippen molar-refractivity contribution in [3.63, 3.8) is 0 Å². The van der Waals surface area contributed by atoms with Gasteiger partial charge in [0.1, 0.15) is 5.75 Å². The molecule has 0 aromatic heterocycles. The Morgan fingerprint density at radius 3 is 2.50 bits per heavy atom. The van der Waals surface area contributed by atoms with E-state index in [4.69, 9.17) is 45.4 Å². The summed E-state index contributed by atoms with van der Waals surface area (Å²) in [7, 11) is 0. The largest absolute Gasteiger partial charge is 0.484 e. The quantitative estimate of drug-likeness (QED) is 0.861. The monoisotopic (exact) mass is 334 g/mol. The predicted molar refractivity (Wildman–Crippen MR) is 78.2 cm³/mol. The van der Waals surface area contributed by atoms with E-state index in [1.54, 1.807) is 18.2 Å². The SMILES string of the molecule is NC12CC(N(Cl)C(=O)COc3ccc(Cl)c(Cl)c3)(C1)C2. The van der Waals surface area contributed by atoms with E-state index in [0.717, 1.165) is 19.3 Å². The van der Waals surface area contributed by atoms with Crippen molar-refractivity contribution in [3.8, 4) is 5.75 Å². The van der Waals surface area contributed by atoms with Gasteiger partial charge in [-0.15, -0.1) is 0 Å². The zero-order valence-corrected chi connectivity index (χ0v) is 12.8. The lowest BCUT2D eigenvalue weighted by molar-refractivity contribution is -0.161. The normalized spacial score (nSPS) is 30.2. The molecular weight excluding hydrogens is 323 g/mol. The highest BCUT2D eigenvalue weighted by Crippen LogP contribution is 2.62. The number of ether oxygens (including phenoxy) is 1. The minimum absolute atomic E-state index is 0.0992. The van der Waals surface area contributed by atoms with Gasteiger partial charge in [0.25, 0.3) is 5.91 Å². The van der Waals surface area contributed by atoms with Gasteiger partial charge in [-0.25, -0.2) is 4.42 Å². The molecule has 0 spiro atoms. The molecule has 4 nitrogen and oxygen atoms in total. The molecule has 7 heteroatoms. The molecule has 3 aliphatic rings. The Bertz CT molecular complexity index is 559. The number of nitrogens with zero attached hydrogens (tertiary/aromatic N) is 1. The Hall–Kier alpha value is -0.680. The maximum Gasteiger partial charge on any atom is 0.275 e. The van der Waals surface area contributed by atoms with Crippen LogP contribution in [0.2, 0.25) is 10.0 Å². The van der Waals surface area contributed by atoms with Crippen LogP contribution in [-0.2, 0) is 4.79 Å². The van der Waals surface area contributed by atoms with Crippen LogP contribution in [0, 0.1) is 0 Å². The van der Waals surface area contributed by atoms with Gasteiger partial charge in [0.2, 0.25) is 0 Å². The second-order valence-corrected chi connectivity index (χ2v) is 6.81. The van der Waals surface area contributed by atoms with E-state index >= 15 is 0 Å². The summed E-state index contributed by atoms with van der Waals surface area (Å²) in [5.74, 6) is 0.199. The molecule has 3 aliphatic carbocycles. The zero-order valence-electron chi connectivity index (χ0n) is 10.5. The summed E-state index contributed by atoms with van der Waals surface area (Å²) in [5, 5.41) is 0.815. The summed E-state index contributed by atoms with van der Waals surface area (Å²) in [6.45, 7) is -0.138. The summed E-state index contributed by atoms with van der Waals surface area (Å²) in [4.78, 5) is 12.0. The first-order valence-electron chi connectivity index (χ1n) is 6.19. The number of rotatable bonds is 4. The first kappa shape index (κ1) is 14.3. The third-order valence-electron chi connectivity index (χ3n) is 3.93. The van der Waals surface area contributed by atoms with E-state index < -0.39 is 0 Å². The van der Waals surface area contributed by atoms with Crippen LogP contribution in [0.3, 0.4) is 0 Å².